The first-order chi connectivity index (χ1) is 20.4. The number of aryl methyl sites for hydroxylation is 1. The van der Waals surface area contributed by atoms with E-state index in [1.165, 1.54) is 54.6 Å². The predicted octanol–water partition coefficient (Wildman–Crippen LogP) is 5.65. The van der Waals surface area contributed by atoms with Crippen LogP contribution in [0.5, 0.6) is 5.75 Å². The van der Waals surface area contributed by atoms with Gasteiger partial charge in [-0.2, -0.15) is 13.4 Å². The number of amides is 3. The molecule has 2 atom stereocenters. The standard InChI is InChI=1S/C31H26Cl2N2O7S/c1-18-3-11-23(12-4-18)43(40,41)42-22-9-6-20(7-10-22)28(36)17-34(29(37)25-14-8-21(32)16-27(25)33)35-30(38)24-13-5-19(2)15-26(24)31(35)39/h3-12,14,16,24,26H,13,15,17H2,1-2H3/t24-,26+/m1/s1. The van der Waals surface area contributed by atoms with Crippen LogP contribution in [-0.2, 0) is 19.7 Å². The highest BCUT2D eigenvalue weighted by molar-refractivity contribution is 7.87. The van der Waals surface area contributed by atoms with E-state index in [9.17, 15) is 27.6 Å². The van der Waals surface area contributed by atoms with Crippen LogP contribution in [0.3, 0.4) is 0 Å². The van der Waals surface area contributed by atoms with Crippen LogP contribution in [0.1, 0.15) is 46.0 Å². The number of Topliss-reactive ketones (excluding diaryl/α,β-unsaturated/α-hetero) is 1. The van der Waals surface area contributed by atoms with Crippen molar-refractivity contribution in [2.24, 2.45) is 11.8 Å². The van der Waals surface area contributed by atoms with Crippen LogP contribution >= 0.6 is 23.2 Å². The van der Waals surface area contributed by atoms with Crippen molar-refractivity contribution in [2.45, 2.75) is 31.6 Å². The number of hydrogen-bond acceptors (Lipinski definition) is 7. The van der Waals surface area contributed by atoms with Gasteiger partial charge in [0.25, 0.3) is 17.7 Å². The second kappa shape index (κ2) is 11.9. The first kappa shape index (κ1) is 30.5. The number of carbonyl (C=O) groups excluding carboxylic acids is 4. The summed E-state index contributed by atoms with van der Waals surface area (Å²) in [6, 6.07) is 15.6. The van der Waals surface area contributed by atoms with E-state index in [-0.39, 0.29) is 31.8 Å². The van der Waals surface area contributed by atoms with E-state index in [1.54, 1.807) is 12.1 Å². The molecule has 3 amide bonds. The van der Waals surface area contributed by atoms with E-state index < -0.39 is 52.0 Å². The average Bonchev–Trinajstić information content (AvgIpc) is 3.20. The van der Waals surface area contributed by atoms with Crippen molar-refractivity contribution < 1.29 is 31.8 Å². The highest BCUT2D eigenvalue weighted by atomic mass is 35.5. The SMILES string of the molecule is CC1=CC[C@H]2C(=O)N(N(CC(=O)c3ccc(OS(=O)(=O)c4ccc(C)cc4)cc3)C(=O)c3ccc(Cl)cc3Cl)C(=O)[C@H]2C1. The lowest BCUT2D eigenvalue weighted by atomic mass is 9.82. The summed E-state index contributed by atoms with van der Waals surface area (Å²) in [5.74, 6) is -3.91. The van der Waals surface area contributed by atoms with Crippen molar-refractivity contribution in [3.05, 3.63) is 105 Å². The number of hydrazine groups is 1. The molecule has 2 aliphatic rings. The minimum Gasteiger partial charge on any atom is -0.379 e. The minimum atomic E-state index is -4.11. The van der Waals surface area contributed by atoms with Gasteiger partial charge in [0.05, 0.1) is 22.4 Å². The third kappa shape index (κ3) is 6.22. The van der Waals surface area contributed by atoms with Crippen molar-refractivity contribution in [2.75, 3.05) is 6.54 Å². The smallest absolute Gasteiger partial charge is 0.339 e. The normalized spacial score (nSPS) is 18.2. The molecule has 12 heteroatoms. The molecule has 0 radical (unpaired) electrons. The second-order valence-electron chi connectivity index (χ2n) is 10.5. The molecular weight excluding hydrogens is 615 g/mol. The Bertz CT molecular complexity index is 1770. The van der Waals surface area contributed by atoms with Crippen molar-refractivity contribution in [1.29, 1.82) is 0 Å². The second-order valence-corrected chi connectivity index (χ2v) is 12.9. The molecule has 1 saturated heterocycles. The minimum absolute atomic E-state index is 0.0136. The van der Waals surface area contributed by atoms with Gasteiger partial charge in [0, 0.05) is 10.6 Å². The summed E-state index contributed by atoms with van der Waals surface area (Å²) in [7, 11) is -4.11. The number of hydrogen-bond donors (Lipinski definition) is 0. The Morgan fingerprint density at radius 1 is 0.930 bits per heavy atom. The van der Waals surface area contributed by atoms with Gasteiger partial charge in [0.2, 0.25) is 0 Å². The molecule has 43 heavy (non-hydrogen) atoms. The number of imide groups is 1. The molecule has 0 unspecified atom stereocenters. The molecule has 0 aromatic heterocycles. The molecule has 0 N–H and O–H groups in total. The quantitative estimate of drug-likeness (QED) is 0.135. The largest absolute Gasteiger partial charge is 0.379 e. The molecule has 1 fully saturated rings. The molecule has 3 aromatic carbocycles. The Hall–Kier alpha value is -3.99. The predicted molar refractivity (Wildman–Crippen MR) is 159 cm³/mol. The highest BCUT2D eigenvalue weighted by Gasteiger charge is 2.52. The number of benzene rings is 3. The number of allylic oxidation sites excluding steroid dienone is 2. The first-order valence-electron chi connectivity index (χ1n) is 13.3. The van der Waals surface area contributed by atoms with E-state index in [0.29, 0.717) is 12.8 Å². The Morgan fingerprint density at radius 3 is 2.23 bits per heavy atom. The fraction of sp³-hybridized carbons (Fsp3) is 0.226. The number of carbonyl (C=O) groups is 4. The number of nitrogens with zero attached hydrogens (tertiary/aromatic N) is 2. The lowest BCUT2D eigenvalue weighted by molar-refractivity contribution is -0.154. The average molecular weight is 642 g/mol. The zero-order valence-electron chi connectivity index (χ0n) is 23.1. The summed E-state index contributed by atoms with van der Waals surface area (Å²) in [6.45, 7) is 3.03. The van der Waals surface area contributed by atoms with Crippen molar-refractivity contribution >= 4 is 56.8 Å². The van der Waals surface area contributed by atoms with E-state index in [1.807, 2.05) is 19.9 Å². The molecule has 0 saturated carbocycles. The van der Waals surface area contributed by atoms with Gasteiger partial charge in [-0.05, 0) is 81.3 Å². The van der Waals surface area contributed by atoms with Crippen LogP contribution in [0.15, 0.2) is 83.3 Å². The van der Waals surface area contributed by atoms with Crippen LogP contribution < -0.4 is 4.18 Å². The topological polar surface area (TPSA) is 118 Å². The van der Waals surface area contributed by atoms with Gasteiger partial charge in [-0.15, -0.1) is 0 Å². The van der Waals surface area contributed by atoms with Crippen LogP contribution in [-0.4, -0.2) is 48.5 Å². The Morgan fingerprint density at radius 2 is 1.58 bits per heavy atom. The molecule has 3 aromatic rings. The molecule has 1 aliphatic carbocycles. The molecule has 1 aliphatic heterocycles. The molecule has 0 bridgehead atoms. The Kier molecular flexibility index (Phi) is 8.47. The fourth-order valence-electron chi connectivity index (χ4n) is 5.10. The summed E-state index contributed by atoms with van der Waals surface area (Å²) < 4.78 is 30.5. The molecule has 9 nitrogen and oxygen atoms in total. The van der Waals surface area contributed by atoms with Gasteiger partial charge in [0.15, 0.2) is 5.78 Å². The summed E-state index contributed by atoms with van der Waals surface area (Å²) in [4.78, 5) is 54.1. The molecule has 5 rings (SSSR count). The Balaban J connectivity index is 1.41. The van der Waals surface area contributed by atoms with E-state index in [2.05, 4.69) is 0 Å². The lowest BCUT2D eigenvalue weighted by Gasteiger charge is -2.30. The van der Waals surface area contributed by atoms with Gasteiger partial charge in [-0.3, -0.25) is 19.2 Å². The zero-order valence-corrected chi connectivity index (χ0v) is 25.4. The van der Waals surface area contributed by atoms with Gasteiger partial charge < -0.3 is 4.18 Å². The molecule has 1 heterocycles. The van der Waals surface area contributed by atoms with Gasteiger partial charge >= 0.3 is 10.1 Å². The maximum absolute atomic E-state index is 13.8. The number of ketones is 1. The monoisotopic (exact) mass is 640 g/mol. The van der Waals surface area contributed by atoms with Gasteiger partial charge in [-0.25, -0.2) is 5.01 Å². The van der Waals surface area contributed by atoms with Gasteiger partial charge in [-0.1, -0.05) is 52.5 Å². The maximum atomic E-state index is 13.8. The summed E-state index contributed by atoms with van der Waals surface area (Å²) >= 11 is 12.3. The molecule has 222 valence electrons. The summed E-state index contributed by atoms with van der Waals surface area (Å²) in [6.07, 6.45) is 2.62. The van der Waals surface area contributed by atoms with E-state index in [0.717, 1.165) is 21.2 Å². The summed E-state index contributed by atoms with van der Waals surface area (Å²) in [5.41, 5.74) is 1.89. The first-order valence-corrected chi connectivity index (χ1v) is 15.5. The Labute approximate surface area is 258 Å². The molecule has 0 spiro atoms. The third-order valence-electron chi connectivity index (χ3n) is 7.42. The number of rotatable bonds is 8. The van der Waals surface area contributed by atoms with E-state index in [4.69, 9.17) is 27.4 Å². The van der Waals surface area contributed by atoms with Crippen LogP contribution in [0.25, 0.3) is 0 Å². The van der Waals surface area contributed by atoms with Crippen molar-refractivity contribution in [3.8, 4) is 5.75 Å². The number of fused-ring (bicyclic) bond motifs is 1. The fourth-order valence-corrected chi connectivity index (χ4v) is 6.52. The number of halogens is 2. The lowest BCUT2D eigenvalue weighted by Crippen LogP contribution is -2.52. The highest BCUT2D eigenvalue weighted by Crippen LogP contribution is 2.39. The van der Waals surface area contributed by atoms with Gasteiger partial charge in [0.1, 0.15) is 17.2 Å². The van der Waals surface area contributed by atoms with Crippen LogP contribution in [0, 0.1) is 18.8 Å². The van der Waals surface area contributed by atoms with Crippen LogP contribution in [0.4, 0.5) is 0 Å². The van der Waals surface area contributed by atoms with E-state index >= 15 is 0 Å². The van der Waals surface area contributed by atoms with Crippen molar-refractivity contribution in [1.82, 2.24) is 10.0 Å². The summed E-state index contributed by atoms with van der Waals surface area (Å²) in [5, 5.41) is 1.85. The van der Waals surface area contributed by atoms with Crippen molar-refractivity contribution in [3.63, 3.8) is 0 Å². The van der Waals surface area contributed by atoms with Crippen LogP contribution in [0.2, 0.25) is 10.0 Å². The molecular formula is C31H26Cl2N2O7S. The maximum Gasteiger partial charge on any atom is 0.339 e. The zero-order chi connectivity index (χ0) is 31.1. The third-order valence-corrected chi connectivity index (χ3v) is 9.23.